The second kappa shape index (κ2) is 4.16. The molecule has 80 valence electrons. The number of aromatic nitrogens is 1. The first-order chi connectivity index (χ1) is 7.29. The van der Waals surface area contributed by atoms with Crippen LogP contribution in [0.3, 0.4) is 0 Å². The number of rotatable bonds is 3. The number of nitrogens with zero attached hydrogens (tertiary/aromatic N) is 2. The average Bonchev–Trinajstić information content (AvgIpc) is 2.23. The van der Waals surface area contributed by atoms with Gasteiger partial charge in [-0.3, -0.25) is 0 Å². The molecule has 2 rings (SSSR count). The van der Waals surface area contributed by atoms with Crippen LogP contribution in [-0.4, -0.2) is 22.1 Å². The summed E-state index contributed by atoms with van der Waals surface area (Å²) in [5, 5.41) is 11.4. The Morgan fingerprint density at radius 3 is 3.00 bits per heavy atom. The van der Waals surface area contributed by atoms with Crippen LogP contribution in [0.15, 0.2) is 23.5 Å². The van der Waals surface area contributed by atoms with Gasteiger partial charge in [0.2, 0.25) is 5.88 Å². The van der Waals surface area contributed by atoms with E-state index in [1.54, 1.807) is 18.3 Å². The Morgan fingerprint density at radius 2 is 2.40 bits per heavy atom. The molecule has 1 aliphatic carbocycles. The van der Waals surface area contributed by atoms with Gasteiger partial charge in [-0.2, -0.15) is 0 Å². The minimum atomic E-state index is 0.0656. The molecule has 0 radical (unpaired) electrons. The number of ether oxygens (including phenoxy) is 1. The first kappa shape index (κ1) is 9.76. The summed E-state index contributed by atoms with van der Waals surface area (Å²) >= 11 is 0. The van der Waals surface area contributed by atoms with Gasteiger partial charge in [0.15, 0.2) is 5.84 Å². The Kier molecular flexibility index (Phi) is 2.71. The molecule has 0 unspecified atom stereocenters. The summed E-state index contributed by atoms with van der Waals surface area (Å²) in [6, 6.07) is 3.34. The van der Waals surface area contributed by atoms with Crippen molar-refractivity contribution in [3.63, 3.8) is 0 Å². The van der Waals surface area contributed by atoms with E-state index in [0.29, 0.717) is 11.4 Å². The van der Waals surface area contributed by atoms with Crippen molar-refractivity contribution >= 4 is 5.84 Å². The molecule has 1 aromatic heterocycles. The highest BCUT2D eigenvalue weighted by atomic mass is 16.5. The Balaban J connectivity index is 2.11. The number of oxime groups is 1. The van der Waals surface area contributed by atoms with E-state index < -0.39 is 0 Å². The minimum Gasteiger partial charge on any atom is -0.474 e. The maximum Gasteiger partial charge on any atom is 0.214 e. The zero-order chi connectivity index (χ0) is 10.7. The summed E-state index contributed by atoms with van der Waals surface area (Å²) in [4.78, 5) is 4.06. The molecule has 0 spiro atoms. The predicted octanol–water partition coefficient (Wildman–Crippen LogP) is 1.11. The van der Waals surface area contributed by atoms with Gasteiger partial charge in [0.05, 0.1) is 0 Å². The largest absolute Gasteiger partial charge is 0.474 e. The third-order valence-corrected chi connectivity index (χ3v) is 2.48. The molecule has 0 amide bonds. The summed E-state index contributed by atoms with van der Waals surface area (Å²) in [7, 11) is 0. The second-order valence-corrected chi connectivity index (χ2v) is 3.54. The van der Waals surface area contributed by atoms with Crippen LogP contribution in [0.2, 0.25) is 0 Å². The van der Waals surface area contributed by atoms with Gasteiger partial charge < -0.3 is 15.7 Å². The number of pyridine rings is 1. The van der Waals surface area contributed by atoms with Gasteiger partial charge in [-0.25, -0.2) is 4.98 Å². The maximum absolute atomic E-state index is 8.52. The number of hydrogen-bond acceptors (Lipinski definition) is 4. The number of amidine groups is 1. The van der Waals surface area contributed by atoms with Gasteiger partial charge >= 0.3 is 0 Å². The molecule has 3 N–H and O–H groups in total. The van der Waals surface area contributed by atoms with Crippen molar-refractivity contribution in [2.75, 3.05) is 0 Å². The number of hydrogen-bond donors (Lipinski definition) is 2. The first-order valence-corrected chi connectivity index (χ1v) is 4.90. The van der Waals surface area contributed by atoms with E-state index in [9.17, 15) is 0 Å². The summed E-state index contributed by atoms with van der Waals surface area (Å²) in [6.45, 7) is 0. The zero-order valence-electron chi connectivity index (χ0n) is 8.26. The molecule has 1 heterocycles. The predicted molar refractivity (Wildman–Crippen MR) is 55.0 cm³/mol. The van der Waals surface area contributed by atoms with Crippen molar-refractivity contribution in [3.8, 4) is 5.88 Å². The van der Waals surface area contributed by atoms with Crippen LogP contribution in [0.5, 0.6) is 5.88 Å². The molecule has 1 aliphatic rings. The molecule has 0 aliphatic heterocycles. The first-order valence-electron chi connectivity index (χ1n) is 4.90. The molecule has 15 heavy (non-hydrogen) atoms. The molecular formula is C10H13N3O2. The third-order valence-electron chi connectivity index (χ3n) is 2.48. The standard InChI is InChI=1S/C10H13N3O2/c11-10(13-14)7-4-5-12-9(6-7)15-8-2-1-3-8/h4-6,8,14H,1-3H2,(H2,11,13). The van der Waals surface area contributed by atoms with Crippen molar-refractivity contribution < 1.29 is 9.94 Å². The van der Waals surface area contributed by atoms with Crippen LogP contribution < -0.4 is 10.5 Å². The normalized spacial score (nSPS) is 17.2. The van der Waals surface area contributed by atoms with Crippen LogP contribution in [0, 0.1) is 0 Å². The van der Waals surface area contributed by atoms with Gasteiger partial charge in [0, 0.05) is 17.8 Å². The second-order valence-electron chi connectivity index (χ2n) is 3.54. The lowest BCUT2D eigenvalue weighted by Gasteiger charge is -2.25. The smallest absolute Gasteiger partial charge is 0.214 e. The van der Waals surface area contributed by atoms with Crippen molar-refractivity contribution in [2.45, 2.75) is 25.4 Å². The van der Waals surface area contributed by atoms with Crippen molar-refractivity contribution in [3.05, 3.63) is 23.9 Å². The Labute approximate surface area is 87.6 Å². The summed E-state index contributed by atoms with van der Waals surface area (Å²) in [5.74, 6) is 0.597. The molecular weight excluding hydrogens is 194 g/mol. The minimum absolute atomic E-state index is 0.0656. The van der Waals surface area contributed by atoms with E-state index in [1.165, 1.54) is 6.42 Å². The lowest BCUT2D eigenvalue weighted by molar-refractivity contribution is 0.114. The Morgan fingerprint density at radius 1 is 1.60 bits per heavy atom. The SMILES string of the molecule is NC(=NO)c1ccnc(OC2CCC2)c1. The summed E-state index contributed by atoms with van der Waals surface area (Å²) in [5.41, 5.74) is 6.07. The van der Waals surface area contributed by atoms with Crippen molar-refractivity contribution in [2.24, 2.45) is 10.9 Å². The summed E-state index contributed by atoms with van der Waals surface area (Å²) < 4.78 is 5.58. The zero-order valence-corrected chi connectivity index (χ0v) is 8.26. The monoisotopic (exact) mass is 207 g/mol. The van der Waals surface area contributed by atoms with Gasteiger partial charge in [-0.1, -0.05) is 5.16 Å². The van der Waals surface area contributed by atoms with Crippen LogP contribution >= 0.6 is 0 Å². The van der Waals surface area contributed by atoms with E-state index in [0.717, 1.165) is 12.8 Å². The fourth-order valence-corrected chi connectivity index (χ4v) is 1.35. The Hall–Kier alpha value is -1.78. The molecule has 0 bridgehead atoms. The van der Waals surface area contributed by atoms with E-state index in [4.69, 9.17) is 15.7 Å². The van der Waals surface area contributed by atoms with Crippen LogP contribution in [0.1, 0.15) is 24.8 Å². The highest BCUT2D eigenvalue weighted by Gasteiger charge is 2.19. The van der Waals surface area contributed by atoms with Gasteiger partial charge in [-0.15, -0.1) is 0 Å². The Bertz CT molecular complexity index is 375. The highest BCUT2D eigenvalue weighted by molar-refractivity contribution is 5.97. The van der Waals surface area contributed by atoms with Crippen molar-refractivity contribution in [1.29, 1.82) is 0 Å². The fraction of sp³-hybridized carbons (Fsp3) is 0.400. The lowest BCUT2D eigenvalue weighted by atomic mass is 9.96. The lowest BCUT2D eigenvalue weighted by Crippen LogP contribution is -2.25. The van der Waals surface area contributed by atoms with Crippen LogP contribution in [-0.2, 0) is 0 Å². The highest BCUT2D eigenvalue weighted by Crippen LogP contribution is 2.24. The maximum atomic E-state index is 8.52. The average molecular weight is 207 g/mol. The molecule has 0 atom stereocenters. The molecule has 1 aromatic rings. The van der Waals surface area contributed by atoms with Gasteiger partial charge in [-0.05, 0) is 25.3 Å². The van der Waals surface area contributed by atoms with E-state index >= 15 is 0 Å². The van der Waals surface area contributed by atoms with Crippen LogP contribution in [0.25, 0.3) is 0 Å². The fourth-order valence-electron chi connectivity index (χ4n) is 1.35. The van der Waals surface area contributed by atoms with Gasteiger partial charge in [0.1, 0.15) is 6.10 Å². The molecule has 0 aromatic carbocycles. The molecule has 5 nitrogen and oxygen atoms in total. The van der Waals surface area contributed by atoms with E-state index in [2.05, 4.69) is 10.1 Å². The number of nitrogens with two attached hydrogens (primary N) is 1. The van der Waals surface area contributed by atoms with E-state index in [1.807, 2.05) is 0 Å². The van der Waals surface area contributed by atoms with Crippen LogP contribution in [0.4, 0.5) is 0 Å². The summed E-state index contributed by atoms with van der Waals surface area (Å²) in [6.07, 6.45) is 5.23. The van der Waals surface area contributed by atoms with Crippen molar-refractivity contribution in [1.82, 2.24) is 4.98 Å². The third kappa shape index (κ3) is 2.18. The molecule has 1 saturated carbocycles. The molecule has 5 heteroatoms. The molecule has 1 fully saturated rings. The quantitative estimate of drug-likeness (QED) is 0.336. The van der Waals surface area contributed by atoms with E-state index in [-0.39, 0.29) is 11.9 Å². The topological polar surface area (TPSA) is 80.7 Å². The van der Waals surface area contributed by atoms with Gasteiger partial charge in [0.25, 0.3) is 0 Å². The molecule has 0 saturated heterocycles.